The molecule has 0 radical (unpaired) electrons. The van der Waals surface area contributed by atoms with Crippen molar-refractivity contribution in [3.63, 3.8) is 0 Å². The van der Waals surface area contributed by atoms with Crippen LogP contribution in [0.3, 0.4) is 0 Å². The van der Waals surface area contributed by atoms with Gasteiger partial charge in [-0.05, 0) is 12.8 Å². The summed E-state index contributed by atoms with van der Waals surface area (Å²) in [5.74, 6) is -0.109. The fourth-order valence-electron chi connectivity index (χ4n) is 1.64. The van der Waals surface area contributed by atoms with Crippen molar-refractivity contribution in [3.05, 3.63) is 0 Å². The molecule has 1 heterocycles. The Morgan fingerprint density at radius 3 is 2.80 bits per heavy atom. The summed E-state index contributed by atoms with van der Waals surface area (Å²) in [7, 11) is 1.43. The van der Waals surface area contributed by atoms with Crippen molar-refractivity contribution in [3.8, 4) is 0 Å². The van der Waals surface area contributed by atoms with Gasteiger partial charge >= 0.3 is 5.97 Å². The molecule has 0 aromatic carbocycles. The summed E-state index contributed by atoms with van der Waals surface area (Å²) in [6.45, 7) is 1.19. The normalized spacial score (nSPS) is 20.5. The standard InChI is InChI=1S/C11H20O4/c1-13-11(12)7-5-3-2-4-6-10-8-14-9-15-10/h10H,2-9H2,1H3. The Balaban J connectivity index is 1.82. The quantitative estimate of drug-likeness (QED) is 0.481. The first-order chi connectivity index (χ1) is 7.33. The number of hydrogen-bond acceptors (Lipinski definition) is 4. The third-order valence-electron chi connectivity index (χ3n) is 2.58. The van der Waals surface area contributed by atoms with Crippen LogP contribution in [-0.2, 0) is 19.0 Å². The molecule has 1 atom stereocenters. The Morgan fingerprint density at radius 2 is 2.13 bits per heavy atom. The molecule has 0 saturated carbocycles. The molecular weight excluding hydrogens is 196 g/mol. The number of carbonyl (C=O) groups excluding carboxylic acids is 1. The zero-order chi connectivity index (χ0) is 10.9. The number of ether oxygens (including phenoxy) is 3. The van der Waals surface area contributed by atoms with Gasteiger partial charge in [0.05, 0.1) is 19.8 Å². The lowest BCUT2D eigenvalue weighted by atomic mass is 10.1. The summed E-state index contributed by atoms with van der Waals surface area (Å²) < 4.78 is 15.0. The van der Waals surface area contributed by atoms with E-state index in [1.54, 1.807) is 0 Å². The molecule has 15 heavy (non-hydrogen) atoms. The van der Waals surface area contributed by atoms with Crippen LogP contribution < -0.4 is 0 Å². The van der Waals surface area contributed by atoms with Gasteiger partial charge in [0.15, 0.2) is 0 Å². The second-order valence-corrected chi connectivity index (χ2v) is 3.81. The van der Waals surface area contributed by atoms with E-state index < -0.39 is 0 Å². The minimum Gasteiger partial charge on any atom is -0.469 e. The lowest BCUT2D eigenvalue weighted by Gasteiger charge is -2.06. The molecule has 0 amide bonds. The summed E-state index contributed by atoms with van der Waals surface area (Å²) in [5, 5.41) is 0. The molecule has 4 heteroatoms. The van der Waals surface area contributed by atoms with E-state index in [1.165, 1.54) is 7.11 Å². The van der Waals surface area contributed by atoms with E-state index in [9.17, 15) is 4.79 Å². The van der Waals surface area contributed by atoms with Crippen molar-refractivity contribution >= 4 is 5.97 Å². The SMILES string of the molecule is COC(=O)CCCCCCC1COCO1. The first kappa shape index (κ1) is 12.5. The summed E-state index contributed by atoms with van der Waals surface area (Å²) in [5.41, 5.74) is 0. The molecule has 0 aliphatic carbocycles. The Labute approximate surface area is 90.9 Å². The van der Waals surface area contributed by atoms with Gasteiger partial charge in [0.2, 0.25) is 0 Å². The highest BCUT2D eigenvalue weighted by Gasteiger charge is 2.14. The van der Waals surface area contributed by atoms with Crippen molar-refractivity contribution in [1.29, 1.82) is 0 Å². The van der Waals surface area contributed by atoms with Gasteiger partial charge in [-0.3, -0.25) is 4.79 Å². The van der Waals surface area contributed by atoms with E-state index in [0.29, 0.717) is 19.3 Å². The molecule has 0 spiro atoms. The van der Waals surface area contributed by atoms with Gasteiger partial charge < -0.3 is 14.2 Å². The zero-order valence-electron chi connectivity index (χ0n) is 9.37. The van der Waals surface area contributed by atoms with Crippen molar-refractivity contribution in [1.82, 2.24) is 0 Å². The molecular formula is C11H20O4. The molecule has 1 rings (SSSR count). The molecule has 88 valence electrons. The maximum atomic E-state index is 10.8. The van der Waals surface area contributed by atoms with Crippen LogP contribution in [0.5, 0.6) is 0 Å². The summed E-state index contributed by atoms with van der Waals surface area (Å²) >= 11 is 0. The van der Waals surface area contributed by atoms with Gasteiger partial charge in [-0.25, -0.2) is 0 Å². The molecule has 1 fully saturated rings. The van der Waals surface area contributed by atoms with E-state index in [1.807, 2.05) is 0 Å². The second kappa shape index (κ2) is 7.65. The summed E-state index contributed by atoms with van der Waals surface area (Å²) in [6.07, 6.45) is 6.21. The monoisotopic (exact) mass is 216 g/mol. The van der Waals surface area contributed by atoms with Crippen LogP contribution in [0.1, 0.15) is 38.5 Å². The average molecular weight is 216 g/mol. The highest BCUT2D eigenvalue weighted by Crippen LogP contribution is 2.13. The molecule has 0 aromatic heterocycles. The van der Waals surface area contributed by atoms with Crippen molar-refractivity contribution in [2.75, 3.05) is 20.5 Å². The molecule has 1 aliphatic rings. The van der Waals surface area contributed by atoms with E-state index in [4.69, 9.17) is 9.47 Å². The fourth-order valence-corrected chi connectivity index (χ4v) is 1.64. The Morgan fingerprint density at radius 1 is 1.33 bits per heavy atom. The molecule has 1 aliphatic heterocycles. The Bertz CT molecular complexity index is 175. The smallest absolute Gasteiger partial charge is 0.305 e. The second-order valence-electron chi connectivity index (χ2n) is 3.81. The average Bonchev–Trinajstić information content (AvgIpc) is 2.75. The van der Waals surface area contributed by atoms with Crippen molar-refractivity contribution in [2.45, 2.75) is 44.6 Å². The van der Waals surface area contributed by atoms with Gasteiger partial charge in [0, 0.05) is 6.42 Å². The van der Waals surface area contributed by atoms with E-state index in [-0.39, 0.29) is 5.97 Å². The first-order valence-corrected chi connectivity index (χ1v) is 5.59. The lowest BCUT2D eigenvalue weighted by molar-refractivity contribution is -0.140. The number of carbonyl (C=O) groups is 1. The number of rotatable bonds is 7. The third kappa shape index (κ3) is 5.74. The zero-order valence-corrected chi connectivity index (χ0v) is 9.37. The topological polar surface area (TPSA) is 44.8 Å². The minimum absolute atomic E-state index is 0.109. The number of methoxy groups -OCH3 is 1. The summed E-state index contributed by atoms with van der Waals surface area (Å²) in [6, 6.07) is 0. The highest BCUT2D eigenvalue weighted by atomic mass is 16.7. The van der Waals surface area contributed by atoms with Gasteiger partial charge in [0.25, 0.3) is 0 Å². The Hall–Kier alpha value is -0.610. The first-order valence-electron chi connectivity index (χ1n) is 5.59. The van der Waals surface area contributed by atoms with Crippen LogP contribution in [0.4, 0.5) is 0 Å². The van der Waals surface area contributed by atoms with Gasteiger partial charge in [-0.2, -0.15) is 0 Å². The predicted octanol–water partition coefficient (Wildman–Crippen LogP) is 1.87. The van der Waals surface area contributed by atoms with E-state index >= 15 is 0 Å². The van der Waals surface area contributed by atoms with Crippen LogP contribution in [0, 0.1) is 0 Å². The van der Waals surface area contributed by atoms with Crippen LogP contribution in [0.25, 0.3) is 0 Å². The number of unbranched alkanes of at least 4 members (excludes halogenated alkanes) is 3. The third-order valence-corrected chi connectivity index (χ3v) is 2.58. The van der Waals surface area contributed by atoms with Crippen molar-refractivity contribution < 1.29 is 19.0 Å². The number of esters is 1. The van der Waals surface area contributed by atoms with Crippen molar-refractivity contribution in [2.24, 2.45) is 0 Å². The maximum absolute atomic E-state index is 10.8. The molecule has 1 saturated heterocycles. The van der Waals surface area contributed by atoms with E-state index in [0.717, 1.165) is 38.7 Å². The van der Waals surface area contributed by atoms with Gasteiger partial charge in [-0.15, -0.1) is 0 Å². The van der Waals surface area contributed by atoms with Gasteiger partial charge in [0.1, 0.15) is 6.79 Å². The Kier molecular flexibility index (Phi) is 6.36. The molecule has 4 nitrogen and oxygen atoms in total. The summed E-state index contributed by atoms with van der Waals surface area (Å²) in [4.78, 5) is 10.8. The molecule has 0 aromatic rings. The molecule has 0 bridgehead atoms. The maximum Gasteiger partial charge on any atom is 0.305 e. The van der Waals surface area contributed by atoms with Crippen LogP contribution >= 0.6 is 0 Å². The predicted molar refractivity (Wildman–Crippen MR) is 55.4 cm³/mol. The van der Waals surface area contributed by atoms with Crippen LogP contribution in [-0.4, -0.2) is 32.6 Å². The molecule has 1 unspecified atom stereocenters. The largest absolute Gasteiger partial charge is 0.469 e. The lowest BCUT2D eigenvalue weighted by Crippen LogP contribution is -2.08. The highest BCUT2D eigenvalue weighted by molar-refractivity contribution is 5.68. The molecule has 0 N–H and O–H groups in total. The van der Waals surface area contributed by atoms with Gasteiger partial charge in [-0.1, -0.05) is 19.3 Å². The fraction of sp³-hybridized carbons (Fsp3) is 0.909. The number of hydrogen-bond donors (Lipinski definition) is 0. The van der Waals surface area contributed by atoms with Crippen LogP contribution in [0.2, 0.25) is 0 Å². The minimum atomic E-state index is -0.109. The van der Waals surface area contributed by atoms with Crippen LogP contribution in [0.15, 0.2) is 0 Å². The van der Waals surface area contributed by atoms with E-state index in [2.05, 4.69) is 4.74 Å².